The number of carbonyl (C=O) groups excluding carboxylic acids is 4. The normalized spacial score (nSPS) is 33.6. The van der Waals surface area contributed by atoms with Crippen LogP contribution in [0.25, 0.3) is 0 Å². The molecular formula is C26H25BrCl2N2O8. The summed E-state index contributed by atoms with van der Waals surface area (Å²) in [5.74, 6) is -6.89. The number of carboxylic acids is 1. The molecule has 4 aliphatic rings. The van der Waals surface area contributed by atoms with Crippen LogP contribution in [0.5, 0.6) is 11.5 Å². The van der Waals surface area contributed by atoms with Gasteiger partial charge in [-0.2, -0.15) is 0 Å². The van der Waals surface area contributed by atoms with Crippen LogP contribution in [0.2, 0.25) is 0 Å². The number of hydrogen-bond donors (Lipinski definition) is 2. The van der Waals surface area contributed by atoms with Crippen LogP contribution in [0.15, 0.2) is 29.8 Å². The molecular weight excluding hydrogens is 619 g/mol. The number of phenols is 1. The molecule has 208 valence electrons. The fourth-order valence-electron chi connectivity index (χ4n) is 6.60. The molecule has 1 saturated carbocycles. The molecule has 3 fully saturated rings. The van der Waals surface area contributed by atoms with Crippen LogP contribution in [-0.4, -0.2) is 78.0 Å². The van der Waals surface area contributed by atoms with Crippen LogP contribution >= 0.6 is 39.1 Å². The lowest BCUT2D eigenvalue weighted by molar-refractivity contribution is -0.143. The van der Waals surface area contributed by atoms with E-state index in [-0.39, 0.29) is 42.9 Å². The van der Waals surface area contributed by atoms with Gasteiger partial charge >= 0.3 is 5.97 Å². The minimum atomic E-state index is -1.97. The van der Waals surface area contributed by atoms with Gasteiger partial charge < -0.3 is 14.9 Å². The third kappa shape index (κ3) is 3.83. The number of amides is 4. The third-order valence-corrected chi connectivity index (χ3v) is 10.2. The van der Waals surface area contributed by atoms with E-state index in [1.807, 2.05) is 0 Å². The summed E-state index contributed by atoms with van der Waals surface area (Å²) in [4.78, 5) is 63.2. The van der Waals surface area contributed by atoms with Crippen molar-refractivity contribution in [3.63, 3.8) is 0 Å². The van der Waals surface area contributed by atoms with Crippen LogP contribution in [-0.2, 0) is 24.0 Å². The van der Waals surface area contributed by atoms with Gasteiger partial charge in [0.2, 0.25) is 11.8 Å². The first-order valence-corrected chi connectivity index (χ1v) is 14.3. The zero-order valence-electron chi connectivity index (χ0n) is 20.7. The molecule has 2 saturated heterocycles. The average Bonchev–Trinajstić information content (AvgIpc) is 3.22. The Balaban J connectivity index is 1.67. The summed E-state index contributed by atoms with van der Waals surface area (Å²) in [5, 5.41) is 19.4. The second kappa shape index (κ2) is 9.78. The first kappa shape index (κ1) is 27.9. The van der Waals surface area contributed by atoms with Gasteiger partial charge in [0, 0.05) is 12.5 Å². The maximum absolute atomic E-state index is 13.8. The Labute approximate surface area is 242 Å². The Morgan fingerprint density at radius 2 is 1.85 bits per heavy atom. The number of alkyl halides is 3. The molecule has 0 aromatic heterocycles. The van der Waals surface area contributed by atoms with Crippen LogP contribution in [0, 0.1) is 17.8 Å². The van der Waals surface area contributed by atoms with E-state index in [9.17, 15) is 29.1 Å². The van der Waals surface area contributed by atoms with Gasteiger partial charge in [-0.05, 0) is 43.4 Å². The maximum atomic E-state index is 13.8. The minimum absolute atomic E-state index is 0.132. The van der Waals surface area contributed by atoms with Crippen molar-refractivity contribution in [2.75, 3.05) is 18.6 Å². The molecule has 0 radical (unpaired) electrons. The van der Waals surface area contributed by atoms with Gasteiger partial charge in [0.05, 0.1) is 30.3 Å². The third-order valence-electron chi connectivity index (χ3n) is 8.27. The Bertz CT molecular complexity index is 1340. The predicted octanol–water partition coefficient (Wildman–Crippen LogP) is 2.98. The van der Waals surface area contributed by atoms with Gasteiger partial charge in [0.1, 0.15) is 0 Å². The first-order valence-electron chi connectivity index (χ1n) is 12.4. The van der Waals surface area contributed by atoms with Crippen molar-refractivity contribution in [2.45, 2.75) is 41.9 Å². The number of benzene rings is 1. The lowest BCUT2D eigenvalue weighted by Crippen LogP contribution is -2.60. The minimum Gasteiger partial charge on any atom is -0.504 e. The van der Waals surface area contributed by atoms with E-state index in [2.05, 4.69) is 15.9 Å². The van der Waals surface area contributed by atoms with Gasteiger partial charge in [-0.15, -0.1) is 23.2 Å². The van der Waals surface area contributed by atoms with Gasteiger partial charge in [0.15, 0.2) is 21.2 Å². The van der Waals surface area contributed by atoms with Gasteiger partial charge in [-0.25, -0.2) is 0 Å². The molecule has 0 bridgehead atoms. The molecule has 4 amide bonds. The topological polar surface area (TPSA) is 142 Å². The van der Waals surface area contributed by atoms with E-state index in [0.29, 0.717) is 11.1 Å². The largest absolute Gasteiger partial charge is 0.504 e. The Kier molecular flexibility index (Phi) is 7.00. The smallest absolute Gasteiger partial charge is 0.305 e. The van der Waals surface area contributed by atoms with Crippen molar-refractivity contribution in [2.24, 2.45) is 17.8 Å². The molecule has 0 spiro atoms. The number of rotatable bonds is 7. The summed E-state index contributed by atoms with van der Waals surface area (Å²) >= 11 is 17.5. The lowest BCUT2D eigenvalue weighted by atomic mass is 9.56. The highest BCUT2D eigenvalue weighted by Gasteiger charge is 2.76. The van der Waals surface area contributed by atoms with Crippen LogP contribution in [0.3, 0.4) is 0 Å². The number of fused-ring (bicyclic) bond motifs is 4. The van der Waals surface area contributed by atoms with E-state index in [0.717, 1.165) is 9.80 Å². The molecule has 6 unspecified atom stereocenters. The number of aliphatic carboxylic acids is 1. The van der Waals surface area contributed by atoms with Crippen LogP contribution < -0.4 is 4.74 Å². The number of aromatic hydroxyl groups is 1. The molecule has 10 nitrogen and oxygen atoms in total. The lowest BCUT2D eigenvalue weighted by Gasteiger charge is -2.50. The number of hydrogen-bond acceptors (Lipinski definition) is 7. The fraction of sp³-hybridized carbons (Fsp3) is 0.500. The highest BCUT2D eigenvalue weighted by atomic mass is 79.9. The zero-order chi connectivity index (χ0) is 28.4. The summed E-state index contributed by atoms with van der Waals surface area (Å²) in [6.45, 7) is 1.73. The number of nitrogens with zero attached hydrogens (tertiary/aromatic N) is 2. The average molecular weight is 644 g/mol. The molecule has 1 aromatic rings. The Morgan fingerprint density at radius 3 is 2.49 bits per heavy atom. The monoisotopic (exact) mass is 642 g/mol. The summed E-state index contributed by atoms with van der Waals surface area (Å²) in [6.07, 6.45) is 1.39. The highest BCUT2D eigenvalue weighted by Crippen LogP contribution is 2.65. The Morgan fingerprint density at radius 1 is 1.13 bits per heavy atom. The molecule has 2 aliphatic heterocycles. The molecule has 1 aromatic carbocycles. The zero-order valence-corrected chi connectivity index (χ0v) is 23.8. The molecule has 2 heterocycles. The summed E-state index contributed by atoms with van der Waals surface area (Å²) in [6, 6.07) is 4.50. The van der Waals surface area contributed by atoms with Crippen molar-refractivity contribution in [3.8, 4) is 11.5 Å². The summed E-state index contributed by atoms with van der Waals surface area (Å²) in [7, 11) is 0. The van der Waals surface area contributed by atoms with Crippen LogP contribution in [0.4, 0.5) is 0 Å². The van der Waals surface area contributed by atoms with E-state index in [4.69, 9.17) is 33.0 Å². The van der Waals surface area contributed by atoms with Gasteiger partial charge in [0.25, 0.3) is 11.8 Å². The number of carbonyl (C=O) groups is 5. The highest BCUT2D eigenvalue weighted by molar-refractivity contribution is 9.09. The maximum Gasteiger partial charge on any atom is 0.305 e. The van der Waals surface area contributed by atoms with Gasteiger partial charge in [-0.3, -0.25) is 33.8 Å². The van der Waals surface area contributed by atoms with Crippen molar-refractivity contribution < 1.29 is 38.9 Å². The molecule has 5 rings (SSSR count). The van der Waals surface area contributed by atoms with E-state index >= 15 is 0 Å². The number of imide groups is 2. The molecule has 39 heavy (non-hydrogen) atoms. The van der Waals surface area contributed by atoms with E-state index < -0.39 is 69.4 Å². The predicted molar refractivity (Wildman–Crippen MR) is 142 cm³/mol. The standard InChI is InChI=1S/C26H25BrCl2N2O8/c1-2-39-17-9-12(3-6-16(17)32)20-13-4-5-14-19(22(36)30(21(14)35)8-7-18(33)34)15(13)10-25(28)23(37)31(11-27)24(38)26(20,25)29/h3-4,6,9,14-15,19-20,32H,2,5,7-8,10-11H2,1H3,(H,33,34). The second-order valence-corrected chi connectivity index (χ2v) is 11.9. The number of allylic oxidation sites excluding steroid dienone is 2. The van der Waals surface area contributed by atoms with Crippen molar-refractivity contribution in [1.29, 1.82) is 0 Å². The number of halogens is 3. The molecule has 2 aliphatic carbocycles. The van der Waals surface area contributed by atoms with Crippen molar-refractivity contribution >= 4 is 68.7 Å². The fourth-order valence-corrected chi connectivity index (χ4v) is 8.03. The number of ether oxygens (including phenoxy) is 1. The Hall–Kier alpha value is -2.63. The molecule has 13 heteroatoms. The van der Waals surface area contributed by atoms with E-state index in [1.165, 1.54) is 12.1 Å². The molecule has 2 N–H and O–H groups in total. The van der Waals surface area contributed by atoms with E-state index in [1.54, 1.807) is 19.1 Å². The number of phenolic OH excluding ortho intramolecular Hbond substituents is 1. The number of likely N-dealkylation sites (tertiary alicyclic amines) is 2. The van der Waals surface area contributed by atoms with Crippen LogP contribution in [0.1, 0.15) is 37.7 Å². The molecule has 6 atom stereocenters. The summed E-state index contributed by atoms with van der Waals surface area (Å²) in [5.41, 5.74) is 0.896. The van der Waals surface area contributed by atoms with Crippen molar-refractivity contribution in [1.82, 2.24) is 9.80 Å². The quantitative estimate of drug-likeness (QED) is 0.200. The first-order chi connectivity index (χ1) is 18.4. The van der Waals surface area contributed by atoms with Crippen molar-refractivity contribution in [3.05, 3.63) is 35.4 Å². The SMILES string of the molecule is CCOc1cc(C2C3=CCC4C(=O)N(CCC(=O)O)C(=O)C4C3CC3(Cl)C(=O)N(CBr)C(=O)C23Cl)ccc1O. The summed E-state index contributed by atoms with van der Waals surface area (Å²) < 4.78 is 5.56. The second-order valence-electron chi connectivity index (χ2n) is 10.1. The van der Waals surface area contributed by atoms with Gasteiger partial charge in [-0.1, -0.05) is 33.6 Å². The number of carboxylic acid groups (broad SMARTS) is 1.